The van der Waals surface area contributed by atoms with Crippen LogP contribution < -0.4 is 15.2 Å². The number of fused-ring (bicyclic) bond motifs is 1. The molecule has 0 saturated heterocycles. The summed E-state index contributed by atoms with van der Waals surface area (Å²) < 4.78 is 11.1. The van der Waals surface area contributed by atoms with Crippen molar-refractivity contribution in [3.8, 4) is 17.4 Å². The average molecular weight is 281 g/mol. The Bertz CT molecular complexity index is 757. The number of nitrogens with zero attached hydrogens (tertiary/aromatic N) is 2. The summed E-state index contributed by atoms with van der Waals surface area (Å²) in [7, 11) is 0. The molecule has 106 valence electrons. The third kappa shape index (κ3) is 2.86. The van der Waals surface area contributed by atoms with Gasteiger partial charge in [0, 0.05) is 0 Å². The van der Waals surface area contributed by atoms with Gasteiger partial charge in [0.1, 0.15) is 11.5 Å². The maximum atomic E-state index is 5.89. The summed E-state index contributed by atoms with van der Waals surface area (Å²) in [6.45, 7) is 2.57. The van der Waals surface area contributed by atoms with Crippen LogP contribution in [-0.4, -0.2) is 16.6 Å². The highest BCUT2D eigenvalue weighted by Crippen LogP contribution is 2.27. The van der Waals surface area contributed by atoms with E-state index in [1.165, 1.54) is 0 Å². The van der Waals surface area contributed by atoms with Crippen LogP contribution in [0.2, 0.25) is 0 Å². The van der Waals surface area contributed by atoms with Gasteiger partial charge in [-0.15, -0.1) is 0 Å². The van der Waals surface area contributed by atoms with E-state index in [1.807, 2.05) is 43.3 Å². The van der Waals surface area contributed by atoms with Gasteiger partial charge in [-0.1, -0.05) is 12.1 Å². The van der Waals surface area contributed by atoms with Crippen LogP contribution in [0.5, 0.6) is 17.4 Å². The molecule has 1 aromatic heterocycles. The van der Waals surface area contributed by atoms with Gasteiger partial charge in [-0.2, -0.15) is 0 Å². The van der Waals surface area contributed by atoms with Crippen LogP contribution in [-0.2, 0) is 0 Å². The third-order valence-corrected chi connectivity index (χ3v) is 2.91. The van der Waals surface area contributed by atoms with Gasteiger partial charge in [0.05, 0.1) is 17.6 Å². The van der Waals surface area contributed by atoms with Crippen LogP contribution in [0, 0.1) is 0 Å². The Hall–Kier alpha value is -2.82. The second kappa shape index (κ2) is 5.66. The molecule has 2 N–H and O–H groups in total. The van der Waals surface area contributed by atoms with E-state index < -0.39 is 0 Å². The first-order valence-electron chi connectivity index (χ1n) is 6.69. The van der Waals surface area contributed by atoms with Gasteiger partial charge in [-0.05, 0) is 43.3 Å². The van der Waals surface area contributed by atoms with Crippen molar-refractivity contribution in [3.63, 3.8) is 0 Å². The molecule has 0 aliphatic rings. The lowest BCUT2D eigenvalue weighted by Crippen LogP contribution is -1.99. The van der Waals surface area contributed by atoms with Crippen LogP contribution in [0.3, 0.4) is 0 Å². The van der Waals surface area contributed by atoms with Gasteiger partial charge in [0.25, 0.3) is 5.88 Å². The molecule has 0 unspecified atom stereocenters. The summed E-state index contributed by atoms with van der Waals surface area (Å²) in [4.78, 5) is 8.67. The lowest BCUT2D eigenvalue weighted by molar-refractivity contribution is 0.339. The van der Waals surface area contributed by atoms with Gasteiger partial charge < -0.3 is 15.2 Å². The van der Waals surface area contributed by atoms with Crippen molar-refractivity contribution < 1.29 is 9.47 Å². The highest BCUT2D eigenvalue weighted by Gasteiger charge is 2.08. The van der Waals surface area contributed by atoms with Gasteiger partial charge >= 0.3 is 0 Å². The molecular formula is C16H15N3O2. The van der Waals surface area contributed by atoms with Crippen LogP contribution >= 0.6 is 0 Å². The highest BCUT2D eigenvalue weighted by atomic mass is 16.5. The molecule has 0 atom stereocenters. The van der Waals surface area contributed by atoms with Crippen molar-refractivity contribution >= 4 is 16.9 Å². The Balaban J connectivity index is 1.88. The molecular weight excluding hydrogens is 266 g/mol. The van der Waals surface area contributed by atoms with E-state index in [-0.39, 0.29) is 5.82 Å². The zero-order chi connectivity index (χ0) is 14.7. The van der Waals surface area contributed by atoms with Gasteiger partial charge in [-0.3, -0.25) is 0 Å². The van der Waals surface area contributed by atoms with Crippen molar-refractivity contribution in [1.29, 1.82) is 0 Å². The fourth-order valence-corrected chi connectivity index (χ4v) is 1.95. The Morgan fingerprint density at radius 3 is 2.19 bits per heavy atom. The first-order chi connectivity index (χ1) is 10.3. The second-order valence-electron chi connectivity index (χ2n) is 4.41. The Morgan fingerprint density at radius 2 is 1.52 bits per heavy atom. The third-order valence-electron chi connectivity index (χ3n) is 2.91. The van der Waals surface area contributed by atoms with Crippen LogP contribution in [0.25, 0.3) is 11.0 Å². The van der Waals surface area contributed by atoms with Crippen molar-refractivity contribution in [3.05, 3.63) is 48.5 Å². The summed E-state index contributed by atoms with van der Waals surface area (Å²) in [6.07, 6.45) is 0. The number of ether oxygens (including phenoxy) is 2. The molecule has 5 heteroatoms. The quantitative estimate of drug-likeness (QED) is 0.793. The predicted molar refractivity (Wildman–Crippen MR) is 81.6 cm³/mol. The second-order valence-corrected chi connectivity index (χ2v) is 4.41. The van der Waals surface area contributed by atoms with Gasteiger partial charge in [-0.25, -0.2) is 9.97 Å². The maximum Gasteiger partial charge on any atom is 0.263 e. The van der Waals surface area contributed by atoms with Crippen LogP contribution in [0.15, 0.2) is 48.5 Å². The maximum absolute atomic E-state index is 5.89. The topological polar surface area (TPSA) is 70.3 Å². The molecule has 0 amide bonds. The molecule has 0 fully saturated rings. The number of nitrogen functional groups attached to an aromatic ring is 1. The number of aromatic nitrogens is 2. The first-order valence-corrected chi connectivity index (χ1v) is 6.69. The van der Waals surface area contributed by atoms with Crippen molar-refractivity contribution in [1.82, 2.24) is 9.97 Å². The number of rotatable bonds is 4. The molecule has 1 heterocycles. The molecule has 21 heavy (non-hydrogen) atoms. The smallest absolute Gasteiger partial charge is 0.263 e. The normalized spacial score (nSPS) is 10.5. The molecule has 2 aromatic carbocycles. The number of nitrogens with two attached hydrogens (primary N) is 1. The number of para-hydroxylation sites is 2. The van der Waals surface area contributed by atoms with E-state index in [2.05, 4.69) is 9.97 Å². The van der Waals surface area contributed by atoms with Crippen LogP contribution in [0.4, 0.5) is 5.82 Å². The molecule has 0 aliphatic carbocycles. The zero-order valence-corrected chi connectivity index (χ0v) is 11.6. The van der Waals surface area contributed by atoms with E-state index in [0.29, 0.717) is 18.2 Å². The Labute approximate surface area is 122 Å². The number of hydrogen-bond donors (Lipinski definition) is 1. The van der Waals surface area contributed by atoms with E-state index in [9.17, 15) is 0 Å². The lowest BCUT2D eigenvalue weighted by Gasteiger charge is -2.09. The van der Waals surface area contributed by atoms with Gasteiger partial charge in [0.2, 0.25) is 0 Å². The largest absolute Gasteiger partial charge is 0.494 e. The summed E-state index contributed by atoms with van der Waals surface area (Å²) in [6, 6.07) is 14.8. The predicted octanol–water partition coefficient (Wildman–Crippen LogP) is 3.40. The standard InChI is InChI=1S/C16H15N3O2/c1-2-20-11-7-9-12(10-8-11)21-16-15(17)18-13-5-3-4-6-14(13)19-16/h3-10H,2H2,1H3,(H2,17,18). The minimum atomic E-state index is 0.266. The van der Waals surface area contributed by atoms with Gasteiger partial charge in [0.15, 0.2) is 5.82 Å². The minimum Gasteiger partial charge on any atom is -0.494 e. The molecule has 0 aliphatic heterocycles. The number of hydrogen-bond acceptors (Lipinski definition) is 5. The summed E-state index contributed by atoms with van der Waals surface area (Å²) in [5.41, 5.74) is 7.38. The van der Waals surface area contributed by atoms with E-state index in [1.54, 1.807) is 12.1 Å². The minimum absolute atomic E-state index is 0.266. The molecule has 3 aromatic rings. The summed E-state index contributed by atoms with van der Waals surface area (Å²) >= 11 is 0. The average Bonchev–Trinajstić information content (AvgIpc) is 2.50. The molecule has 3 rings (SSSR count). The molecule has 0 bridgehead atoms. The van der Waals surface area contributed by atoms with Crippen molar-refractivity contribution in [2.24, 2.45) is 0 Å². The first kappa shape index (κ1) is 13.2. The molecule has 0 radical (unpaired) electrons. The van der Waals surface area contributed by atoms with Crippen LogP contribution in [0.1, 0.15) is 6.92 Å². The summed E-state index contributed by atoms with van der Waals surface area (Å²) in [5, 5.41) is 0. The number of anilines is 1. The highest BCUT2D eigenvalue weighted by molar-refractivity contribution is 5.76. The van der Waals surface area contributed by atoms with E-state index >= 15 is 0 Å². The lowest BCUT2D eigenvalue weighted by atomic mass is 10.3. The fraction of sp³-hybridized carbons (Fsp3) is 0.125. The Kier molecular flexibility index (Phi) is 3.55. The molecule has 5 nitrogen and oxygen atoms in total. The van der Waals surface area contributed by atoms with E-state index in [4.69, 9.17) is 15.2 Å². The van der Waals surface area contributed by atoms with Crippen molar-refractivity contribution in [2.75, 3.05) is 12.3 Å². The van der Waals surface area contributed by atoms with E-state index in [0.717, 1.165) is 16.8 Å². The molecule has 0 spiro atoms. The zero-order valence-electron chi connectivity index (χ0n) is 11.6. The SMILES string of the molecule is CCOc1ccc(Oc2nc3ccccc3nc2N)cc1. The monoisotopic (exact) mass is 281 g/mol. The Morgan fingerprint density at radius 1 is 0.905 bits per heavy atom. The summed E-state index contributed by atoms with van der Waals surface area (Å²) in [5.74, 6) is 2.00. The van der Waals surface area contributed by atoms with Crippen molar-refractivity contribution in [2.45, 2.75) is 6.92 Å². The molecule has 0 saturated carbocycles. The fourth-order valence-electron chi connectivity index (χ4n) is 1.95. The number of benzene rings is 2.